The summed E-state index contributed by atoms with van der Waals surface area (Å²) >= 11 is 0. The van der Waals surface area contributed by atoms with Gasteiger partial charge in [0, 0.05) is 25.7 Å². The summed E-state index contributed by atoms with van der Waals surface area (Å²) in [5.74, 6) is 0.102. The second-order valence-corrected chi connectivity index (χ2v) is 7.12. The Morgan fingerprint density at radius 2 is 1.78 bits per heavy atom. The van der Waals surface area contributed by atoms with E-state index in [9.17, 15) is 9.59 Å². The lowest BCUT2D eigenvalue weighted by atomic mass is 9.90. The van der Waals surface area contributed by atoms with Crippen molar-refractivity contribution in [2.45, 2.75) is 45.6 Å². The molecule has 4 nitrogen and oxygen atoms in total. The number of amides is 2. The number of unbranched alkanes of at least 4 members (excludes halogenated alkanes) is 1. The van der Waals surface area contributed by atoms with Crippen LogP contribution in [0.5, 0.6) is 0 Å². The molecule has 1 atom stereocenters. The molecule has 4 heteroatoms. The molecule has 27 heavy (non-hydrogen) atoms. The zero-order valence-corrected chi connectivity index (χ0v) is 16.2. The van der Waals surface area contributed by atoms with E-state index >= 15 is 0 Å². The summed E-state index contributed by atoms with van der Waals surface area (Å²) < 4.78 is 0. The van der Waals surface area contributed by atoms with Crippen LogP contribution in [0.1, 0.15) is 50.3 Å². The monoisotopic (exact) mass is 364 g/mol. The lowest BCUT2D eigenvalue weighted by Crippen LogP contribution is -2.42. The summed E-state index contributed by atoms with van der Waals surface area (Å²) in [4.78, 5) is 29.2. The van der Waals surface area contributed by atoms with E-state index in [1.807, 2.05) is 52.3 Å². The minimum Gasteiger partial charge on any atom is -0.335 e. The van der Waals surface area contributed by atoms with E-state index in [-0.39, 0.29) is 17.9 Å². The van der Waals surface area contributed by atoms with Crippen molar-refractivity contribution >= 4 is 17.5 Å². The molecule has 0 spiro atoms. The number of anilines is 1. The maximum absolute atomic E-state index is 13.3. The summed E-state index contributed by atoms with van der Waals surface area (Å²) in [6.07, 6.45) is 3.15. The Morgan fingerprint density at radius 3 is 2.48 bits per heavy atom. The summed E-state index contributed by atoms with van der Waals surface area (Å²) in [6.45, 7) is 5.10. The minimum atomic E-state index is -0.187. The SMILES string of the molecule is CCCCN(C(=O)CC1c2ccccc2CCN1C(C)=O)c1ccccc1. The molecule has 2 amide bonds. The van der Waals surface area contributed by atoms with E-state index in [4.69, 9.17) is 0 Å². The first-order chi connectivity index (χ1) is 13.1. The van der Waals surface area contributed by atoms with Gasteiger partial charge < -0.3 is 9.80 Å². The van der Waals surface area contributed by atoms with Gasteiger partial charge in [0.1, 0.15) is 0 Å². The first-order valence-electron chi connectivity index (χ1n) is 9.82. The molecule has 1 heterocycles. The molecule has 0 saturated heterocycles. The number of hydrogen-bond acceptors (Lipinski definition) is 2. The van der Waals surface area contributed by atoms with E-state index in [1.54, 1.807) is 6.92 Å². The minimum absolute atomic E-state index is 0.0297. The standard InChI is InChI=1S/C23H28N2O2/c1-3-4-15-25(20-11-6-5-7-12-20)23(27)17-22-21-13-9-8-10-19(21)14-16-24(22)18(2)26/h5-13,22H,3-4,14-17H2,1-2H3. The summed E-state index contributed by atoms with van der Waals surface area (Å²) in [7, 11) is 0. The first kappa shape index (κ1) is 19.2. The highest BCUT2D eigenvalue weighted by atomic mass is 16.2. The Morgan fingerprint density at radius 1 is 1.07 bits per heavy atom. The van der Waals surface area contributed by atoms with Gasteiger partial charge in [-0.1, -0.05) is 55.8 Å². The zero-order chi connectivity index (χ0) is 19.2. The van der Waals surface area contributed by atoms with Crippen LogP contribution in [-0.4, -0.2) is 29.8 Å². The molecule has 0 N–H and O–H groups in total. The Kier molecular flexibility index (Phi) is 6.28. The molecule has 0 bridgehead atoms. The molecule has 0 aromatic heterocycles. The van der Waals surface area contributed by atoms with Gasteiger partial charge in [0.2, 0.25) is 11.8 Å². The summed E-state index contributed by atoms with van der Waals surface area (Å²) in [6, 6.07) is 17.8. The van der Waals surface area contributed by atoms with Crippen LogP contribution in [0.3, 0.4) is 0 Å². The molecular weight excluding hydrogens is 336 g/mol. The molecular formula is C23H28N2O2. The highest BCUT2D eigenvalue weighted by Crippen LogP contribution is 2.33. The molecule has 2 aromatic carbocycles. The van der Waals surface area contributed by atoms with Gasteiger partial charge >= 0.3 is 0 Å². The van der Waals surface area contributed by atoms with Crippen molar-refractivity contribution in [1.82, 2.24) is 4.90 Å². The Balaban J connectivity index is 1.87. The number of nitrogens with zero attached hydrogens (tertiary/aromatic N) is 2. The Labute approximate surface area is 161 Å². The average Bonchev–Trinajstić information content (AvgIpc) is 2.69. The smallest absolute Gasteiger partial charge is 0.229 e. The lowest BCUT2D eigenvalue weighted by Gasteiger charge is -2.37. The predicted octanol–water partition coefficient (Wildman–Crippen LogP) is 4.36. The fourth-order valence-electron chi connectivity index (χ4n) is 3.85. The second kappa shape index (κ2) is 8.85. The van der Waals surface area contributed by atoms with Crippen LogP contribution in [0, 0.1) is 0 Å². The molecule has 0 fully saturated rings. The van der Waals surface area contributed by atoms with Crippen LogP contribution in [0.2, 0.25) is 0 Å². The van der Waals surface area contributed by atoms with Gasteiger partial charge in [-0.25, -0.2) is 0 Å². The van der Waals surface area contributed by atoms with Gasteiger partial charge in [0.15, 0.2) is 0 Å². The van der Waals surface area contributed by atoms with Crippen LogP contribution < -0.4 is 4.90 Å². The third-order valence-corrected chi connectivity index (χ3v) is 5.29. The number of rotatable bonds is 6. The zero-order valence-electron chi connectivity index (χ0n) is 16.2. The van der Waals surface area contributed by atoms with Crippen molar-refractivity contribution in [1.29, 1.82) is 0 Å². The normalized spacial score (nSPS) is 15.9. The van der Waals surface area contributed by atoms with Crippen LogP contribution in [0.15, 0.2) is 54.6 Å². The predicted molar refractivity (Wildman–Crippen MR) is 109 cm³/mol. The van der Waals surface area contributed by atoms with Crippen LogP contribution in [0.4, 0.5) is 5.69 Å². The summed E-state index contributed by atoms with van der Waals surface area (Å²) in [5.41, 5.74) is 3.28. The van der Waals surface area contributed by atoms with Gasteiger partial charge in [-0.3, -0.25) is 9.59 Å². The number of para-hydroxylation sites is 1. The first-order valence-corrected chi connectivity index (χ1v) is 9.82. The number of benzene rings is 2. The van der Waals surface area contributed by atoms with Crippen molar-refractivity contribution in [3.05, 3.63) is 65.7 Å². The van der Waals surface area contributed by atoms with Crippen LogP contribution in [0.25, 0.3) is 0 Å². The molecule has 0 saturated carbocycles. The van der Waals surface area contributed by atoms with E-state index in [0.29, 0.717) is 19.5 Å². The molecule has 0 radical (unpaired) electrons. The lowest BCUT2D eigenvalue weighted by molar-refractivity contribution is -0.133. The van der Waals surface area contributed by atoms with Crippen molar-refractivity contribution in [2.75, 3.05) is 18.0 Å². The number of hydrogen-bond donors (Lipinski definition) is 0. The Bertz CT molecular complexity index is 788. The third-order valence-electron chi connectivity index (χ3n) is 5.29. The van der Waals surface area contributed by atoms with Crippen molar-refractivity contribution in [3.63, 3.8) is 0 Å². The largest absolute Gasteiger partial charge is 0.335 e. The van der Waals surface area contributed by atoms with Gasteiger partial charge in [-0.2, -0.15) is 0 Å². The van der Waals surface area contributed by atoms with Crippen molar-refractivity contribution in [2.24, 2.45) is 0 Å². The molecule has 1 aliphatic heterocycles. The number of carbonyl (C=O) groups excluding carboxylic acids is 2. The highest BCUT2D eigenvalue weighted by Gasteiger charge is 2.32. The molecule has 142 valence electrons. The van der Waals surface area contributed by atoms with Gasteiger partial charge in [-0.15, -0.1) is 0 Å². The quantitative estimate of drug-likeness (QED) is 0.764. The summed E-state index contributed by atoms with van der Waals surface area (Å²) in [5, 5.41) is 0. The fourth-order valence-corrected chi connectivity index (χ4v) is 3.85. The van der Waals surface area contributed by atoms with Crippen molar-refractivity contribution in [3.8, 4) is 0 Å². The van der Waals surface area contributed by atoms with E-state index < -0.39 is 0 Å². The number of carbonyl (C=O) groups is 2. The highest BCUT2D eigenvalue weighted by molar-refractivity contribution is 5.94. The van der Waals surface area contributed by atoms with E-state index in [1.165, 1.54) is 5.56 Å². The maximum Gasteiger partial charge on any atom is 0.229 e. The van der Waals surface area contributed by atoms with E-state index in [0.717, 1.165) is 30.5 Å². The van der Waals surface area contributed by atoms with Crippen LogP contribution >= 0.6 is 0 Å². The maximum atomic E-state index is 13.3. The van der Waals surface area contributed by atoms with Gasteiger partial charge in [0.25, 0.3) is 0 Å². The third kappa shape index (κ3) is 4.38. The van der Waals surface area contributed by atoms with E-state index in [2.05, 4.69) is 19.1 Å². The fraction of sp³-hybridized carbons (Fsp3) is 0.391. The molecule has 3 rings (SSSR count). The van der Waals surface area contributed by atoms with Crippen molar-refractivity contribution < 1.29 is 9.59 Å². The average molecular weight is 364 g/mol. The Hall–Kier alpha value is -2.62. The molecule has 0 aliphatic carbocycles. The topological polar surface area (TPSA) is 40.6 Å². The second-order valence-electron chi connectivity index (χ2n) is 7.12. The molecule has 1 unspecified atom stereocenters. The number of fused-ring (bicyclic) bond motifs is 1. The van der Waals surface area contributed by atoms with Gasteiger partial charge in [0.05, 0.1) is 12.5 Å². The van der Waals surface area contributed by atoms with Gasteiger partial charge in [-0.05, 0) is 36.1 Å². The molecule has 1 aliphatic rings. The molecule has 2 aromatic rings. The van der Waals surface area contributed by atoms with Crippen LogP contribution in [-0.2, 0) is 16.0 Å².